The first-order valence-electron chi connectivity index (χ1n) is 3.12. The average Bonchev–Trinajstić information content (AvgIpc) is 2.05. The second-order valence-corrected chi connectivity index (χ2v) is 2.06. The maximum atomic E-state index is 6.73. The molecule has 0 aromatic carbocycles. The standard InChI is InChI=1S/C7H9N3/c1-6(10-8)7-4-2-3-5-9-7/h2-6,8H,1H3. The highest BCUT2D eigenvalue weighted by Crippen LogP contribution is 2.11. The van der Waals surface area contributed by atoms with Gasteiger partial charge in [0, 0.05) is 6.20 Å². The van der Waals surface area contributed by atoms with Gasteiger partial charge in [-0.2, -0.15) is 5.11 Å². The molecular formula is C7H9N3. The number of aromatic nitrogens is 1. The normalized spacial score (nSPS) is 12.5. The Hall–Kier alpha value is -1.25. The van der Waals surface area contributed by atoms with Gasteiger partial charge in [0.05, 0.1) is 5.69 Å². The number of rotatable bonds is 2. The second kappa shape index (κ2) is 3.06. The lowest BCUT2D eigenvalue weighted by atomic mass is 10.2. The van der Waals surface area contributed by atoms with Gasteiger partial charge in [0.25, 0.3) is 0 Å². The van der Waals surface area contributed by atoms with Crippen LogP contribution in [-0.2, 0) is 0 Å². The van der Waals surface area contributed by atoms with Crippen LogP contribution in [0.25, 0.3) is 0 Å². The summed E-state index contributed by atoms with van der Waals surface area (Å²) in [6, 6.07) is 5.49. The Morgan fingerprint density at radius 2 is 2.40 bits per heavy atom. The van der Waals surface area contributed by atoms with Crippen LogP contribution in [0.2, 0.25) is 0 Å². The van der Waals surface area contributed by atoms with Crippen LogP contribution in [0, 0.1) is 5.53 Å². The van der Waals surface area contributed by atoms with Crippen molar-refractivity contribution < 1.29 is 0 Å². The molecule has 0 radical (unpaired) electrons. The summed E-state index contributed by atoms with van der Waals surface area (Å²) in [6.07, 6.45) is 1.71. The van der Waals surface area contributed by atoms with Gasteiger partial charge in [0.2, 0.25) is 0 Å². The van der Waals surface area contributed by atoms with E-state index in [0.29, 0.717) is 0 Å². The van der Waals surface area contributed by atoms with Gasteiger partial charge in [-0.05, 0) is 19.1 Å². The van der Waals surface area contributed by atoms with E-state index in [2.05, 4.69) is 10.1 Å². The van der Waals surface area contributed by atoms with Crippen LogP contribution in [0.4, 0.5) is 0 Å². The zero-order valence-electron chi connectivity index (χ0n) is 5.78. The second-order valence-electron chi connectivity index (χ2n) is 2.06. The Morgan fingerprint density at radius 3 is 2.90 bits per heavy atom. The molecule has 1 N–H and O–H groups in total. The fraction of sp³-hybridized carbons (Fsp3) is 0.286. The van der Waals surface area contributed by atoms with Gasteiger partial charge in [0.1, 0.15) is 6.04 Å². The third-order valence-corrected chi connectivity index (χ3v) is 1.31. The number of nitrogens with one attached hydrogen (secondary N) is 1. The summed E-state index contributed by atoms with van der Waals surface area (Å²) in [5.41, 5.74) is 7.58. The quantitative estimate of drug-likeness (QED) is 0.621. The highest BCUT2D eigenvalue weighted by Gasteiger charge is 2.00. The monoisotopic (exact) mass is 135 g/mol. The van der Waals surface area contributed by atoms with E-state index in [-0.39, 0.29) is 6.04 Å². The predicted molar refractivity (Wildman–Crippen MR) is 37.8 cm³/mol. The molecule has 0 amide bonds. The topological polar surface area (TPSA) is 49.1 Å². The maximum absolute atomic E-state index is 6.73. The number of hydrogen-bond acceptors (Lipinski definition) is 3. The van der Waals surface area contributed by atoms with E-state index in [1.807, 2.05) is 25.1 Å². The van der Waals surface area contributed by atoms with Gasteiger partial charge in [0.15, 0.2) is 0 Å². The summed E-state index contributed by atoms with van der Waals surface area (Å²) in [7, 11) is 0. The van der Waals surface area contributed by atoms with E-state index in [9.17, 15) is 0 Å². The van der Waals surface area contributed by atoms with Crippen molar-refractivity contribution in [3.8, 4) is 0 Å². The first-order valence-corrected chi connectivity index (χ1v) is 3.12. The van der Waals surface area contributed by atoms with Crippen LogP contribution in [-0.4, -0.2) is 4.98 Å². The van der Waals surface area contributed by atoms with Gasteiger partial charge < -0.3 is 0 Å². The number of hydrogen-bond donors (Lipinski definition) is 1. The SMILES string of the molecule is CC(N=N)c1ccccn1. The lowest BCUT2D eigenvalue weighted by molar-refractivity contribution is 0.709. The molecular weight excluding hydrogens is 126 g/mol. The zero-order chi connectivity index (χ0) is 7.40. The molecule has 1 aromatic heterocycles. The summed E-state index contributed by atoms with van der Waals surface area (Å²) in [4.78, 5) is 4.04. The Bertz CT molecular complexity index is 207. The van der Waals surface area contributed by atoms with Crippen molar-refractivity contribution >= 4 is 0 Å². The molecule has 1 rings (SSSR count). The lowest BCUT2D eigenvalue weighted by Crippen LogP contribution is -1.90. The van der Waals surface area contributed by atoms with E-state index >= 15 is 0 Å². The number of pyridine rings is 1. The molecule has 1 atom stereocenters. The van der Waals surface area contributed by atoms with Gasteiger partial charge in [-0.1, -0.05) is 6.07 Å². The molecule has 0 fully saturated rings. The van der Waals surface area contributed by atoms with E-state index in [4.69, 9.17) is 5.53 Å². The Kier molecular flexibility index (Phi) is 2.10. The minimum Gasteiger partial charge on any atom is -0.259 e. The molecule has 1 heterocycles. The molecule has 0 aliphatic rings. The largest absolute Gasteiger partial charge is 0.259 e. The maximum Gasteiger partial charge on any atom is 0.110 e. The van der Waals surface area contributed by atoms with Gasteiger partial charge in [-0.15, -0.1) is 0 Å². The summed E-state index contributed by atoms with van der Waals surface area (Å²) in [5, 5.41) is 3.35. The fourth-order valence-electron chi connectivity index (χ4n) is 0.689. The highest BCUT2D eigenvalue weighted by molar-refractivity contribution is 5.06. The summed E-state index contributed by atoms with van der Waals surface area (Å²) in [5.74, 6) is 0. The third-order valence-electron chi connectivity index (χ3n) is 1.31. The van der Waals surface area contributed by atoms with Crippen molar-refractivity contribution in [2.24, 2.45) is 5.11 Å². The summed E-state index contributed by atoms with van der Waals surface area (Å²) < 4.78 is 0. The molecule has 0 bridgehead atoms. The summed E-state index contributed by atoms with van der Waals surface area (Å²) >= 11 is 0. The molecule has 10 heavy (non-hydrogen) atoms. The first kappa shape index (κ1) is 6.86. The minimum atomic E-state index is -0.110. The van der Waals surface area contributed by atoms with Crippen molar-refractivity contribution in [1.29, 1.82) is 5.53 Å². The average molecular weight is 135 g/mol. The number of nitrogens with zero attached hydrogens (tertiary/aromatic N) is 2. The van der Waals surface area contributed by atoms with Crippen molar-refractivity contribution in [3.63, 3.8) is 0 Å². The Balaban J connectivity index is 2.84. The smallest absolute Gasteiger partial charge is 0.110 e. The van der Waals surface area contributed by atoms with Crippen LogP contribution >= 0.6 is 0 Å². The van der Waals surface area contributed by atoms with Crippen LogP contribution in [0.3, 0.4) is 0 Å². The van der Waals surface area contributed by atoms with Crippen molar-refractivity contribution in [2.75, 3.05) is 0 Å². The minimum absolute atomic E-state index is 0.110. The summed E-state index contributed by atoms with van der Waals surface area (Å²) in [6.45, 7) is 1.84. The molecule has 0 spiro atoms. The molecule has 0 aliphatic heterocycles. The molecule has 3 nitrogen and oxygen atoms in total. The molecule has 3 heteroatoms. The molecule has 0 saturated carbocycles. The zero-order valence-corrected chi connectivity index (χ0v) is 5.78. The molecule has 0 saturated heterocycles. The van der Waals surface area contributed by atoms with Crippen LogP contribution in [0.15, 0.2) is 29.5 Å². The van der Waals surface area contributed by atoms with Gasteiger partial charge >= 0.3 is 0 Å². The first-order chi connectivity index (χ1) is 4.84. The highest BCUT2D eigenvalue weighted by atomic mass is 15.0. The fourth-order valence-corrected chi connectivity index (χ4v) is 0.689. The van der Waals surface area contributed by atoms with Gasteiger partial charge in [-0.25, -0.2) is 5.53 Å². The Morgan fingerprint density at radius 1 is 1.60 bits per heavy atom. The van der Waals surface area contributed by atoms with Crippen LogP contribution in [0.5, 0.6) is 0 Å². The van der Waals surface area contributed by atoms with E-state index in [1.165, 1.54) is 0 Å². The van der Waals surface area contributed by atoms with E-state index in [0.717, 1.165) is 5.69 Å². The molecule has 1 aromatic rings. The van der Waals surface area contributed by atoms with Crippen LogP contribution < -0.4 is 0 Å². The molecule has 52 valence electrons. The predicted octanol–water partition coefficient (Wildman–Crippen LogP) is 2.17. The lowest BCUT2D eigenvalue weighted by Gasteiger charge is -2.00. The van der Waals surface area contributed by atoms with Crippen LogP contribution in [0.1, 0.15) is 18.7 Å². The van der Waals surface area contributed by atoms with Gasteiger partial charge in [-0.3, -0.25) is 4.98 Å². The van der Waals surface area contributed by atoms with Crippen molar-refractivity contribution in [3.05, 3.63) is 30.1 Å². The van der Waals surface area contributed by atoms with E-state index < -0.39 is 0 Å². The van der Waals surface area contributed by atoms with Crippen molar-refractivity contribution in [2.45, 2.75) is 13.0 Å². The third kappa shape index (κ3) is 1.37. The Labute approximate surface area is 59.6 Å². The van der Waals surface area contributed by atoms with Crippen molar-refractivity contribution in [1.82, 2.24) is 4.98 Å². The molecule has 1 unspecified atom stereocenters. The van der Waals surface area contributed by atoms with E-state index in [1.54, 1.807) is 6.20 Å². The molecule has 0 aliphatic carbocycles.